The van der Waals surface area contributed by atoms with E-state index >= 15 is 0 Å². The molecule has 0 saturated carbocycles. The first-order valence-electron chi connectivity index (χ1n) is 7.04. The normalized spacial score (nSPS) is 12.0. The summed E-state index contributed by atoms with van der Waals surface area (Å²) < 4.78 is 24.5. The molecule has 5 nitrogen and oxygen atoms in total. The van der Waals surface area contributed by atoms with E-state index in [-0.39, 0.29) is 16.2 Å². The minimum absolute atomic E-state index is 0.0416. The molecule has 0 aliphatic rings. The number of aromatic carboxylic acids is 1. The highest BCUT2D eigenvalue weighted by Crippen LogP contribution is 2.13. The molecule has 1 N–H and O–H groups in total. The van der Waals surface area contributed by atoms with Crippen LogP contribution < -0.4 is 0 Å². The van der Waals surface area contributed by atoms with Gasteiger partial charge >= 0.3 is 5.97 Å². The summed E-state index contributed by atoms with van der Waals surface area (Å²) in [6, 6.07) is 5.36. The van der Waals surface area contributed by atoms with Gasteiger partial charge in [-0.05, 0) is 36.7 Å². The molecule has 0 heterocycles. The van der Waals surface area contributed by atoms with Gasteiger partial charge in [0.05, 0.1) is 16.2 Å². The second-order valence-electron chi connectivity index (χ2n) is 5.44. The summed E-state index contributed by atoms with van der Waals surface area (Å²) in [6.07, 6.45) is 0. The summed E-state index contributed by atoms with van der Waals surface area (Å²) in [6.45, 7) is 8.37. The lowest BCUT2D eigenvalue weighted by atomic mass is 10.2. The molecule has 0 aliphatic heterocycles. The summed E-state index contributed by atoms with van der Waals surface area (Å²) in [4.78, 5) is 13.0. The van der Waals surface area contributed by atoms with Gasteiger partial charge in [-0.15, -0.1) is 0 Å². The number of sulfone groups is 1. The molecule has 0 amide bonds. The Morgan fingerprint density at radius 3 is 2.24 bits per heavy atom. The zero-order valence-corrected chi connectivity index (χ0v) is 13.6. The van der Waals surface area contributed by atoms with E-state index in [1.165, 1.54) is 24.3 Å². The first kappa shape index (κ1) is 17.7. The van der Waals surface area contributed by atoms with Gasteiger partial charge < -0.3 is 10.0 Å². The fourth-order valence-corrected chi connectivity index (χ4v) is 3.35. The molecule has 21 heavy (non-hydrogen) atoms. The molecule has 0 aromatic heterocycles. The lowest BCUT2D eigenvalue weighted by molar-refractivity contribution is 0.0696. The van der Waals surface area contributed by atoms with Gasteiger partial charge in [0, 0.05) is 13.1 Å². The highest BCUT2D eigenvalue weighted by atomic mass is 32.2. The molecule has 1 rings (SSSR count). The van der Waals surface area contributed by atoms with Crippen LogP contribution in [0.5, 0.6) is 0 Å². The Kier molecular flexibility index (Phi) is 6.36. The molecule has 1 aromatic rings. The van der Waals surface area contributed by atoms with E-state index in [0.717, 1.165) is 13.1 Å². The minimum Gasteiger partial charge on any atom is -0.478 e. The van der Waals surface area contributed by atoms with Crippen LogP contribution in [0.4, 0.5) is 0 Å². The first-order chi connectivity index (χ1) is 9.76. The molecule has 0 saturated heterocycles. The Morgan fingerprint density at radius 2 is 1.81 bits per heavy atom. The van der Waals surface area contributed by atoms with E-state index in [9.17, 15) is 13.2 Å². The predicted octanol–water partition coefficient (Wildman–Crippen LogP) is 2.14. The van der Waals surface area contributed by atoms with Gasteiger partial charge in [0.25, 0.3) is 0 Å². The van der Waals surface area contributed by atoms with Crippen molar-refractivity contribution in [3.8, 4) is 0 Å². The van der Waals surface area contributed by atoms with Gasteiger partial charge in [-0.2, -0.15) is 0 Å². The second kappa shape index (κ2) is 7.56. The number of hydrogen-bond acceptors (Lipinski definition) is 4. The van der Waals surface area contributed by atoms with Gasteiger partial charge in [-0.1, -0.05) is 20.8 Å². The molecule has 0 radical (unpaired) electrons. The van der Waals surface area contributed by atoms with Crippen molar-refractivity contribution in [3.63, 3.8) is 0 Å². The van der Waals surface area contributed by atoms with Crippen LogP contribution in [0, 0.1) is 5.92 Å². The highest BCUT2D eigenvalue weighted by Gasteiger charge is 2.17. The van der Waals surface area contributed by atoms with E-state index < -0.39 is 15.8 Å². The van der Waals surface area contributed by atoms with E-state index in [1.807, 2.05) is 6.92 Å². The van der Waals surface area contributed by atoms with Gasteiger partial charge in [0.15, 0.2) is 9.84 Å². The highest BCUT2D eigenvalue weighted by molar-refractivity contribution is 7.91. The molecule has 0 aliphatic carbocycles. The molecule has 0 fully saturated rings. The van der Waals surface area contributed by atoms with Crippen molar-refractivity contribution in [2.24, 2.45) is 5.92 Å². The SMILES string of the molecule is CCN(CCS(=O)(=O)c1ccc(C(=O)O)cc1)CC(C)C. The van der Waals surface area contributed by atoms with Crippen molar-refractivity contribution in [2.75, 3.05) is 25.4 Å². The van der Waals surface area contributed by atoms with Crippen molar-refractivity contribution >= 4 is 15.8 Å². The van der Waals surface area contributed by atoms with Crippen LogP contribution in [-0.4, -0.2) is 49.8 Å². The summed E-state index contributed by atoms with van der Waals surface area (Å²) in [5.41, 5.74) is 0.0870. The van der Waals surface area contributed by atoms with Crippen molar-refractivity contribution in [1.29, 1.82) is 0 Å². The Bertz CT molecular complexity index is 564. The van der Waals surface area contributed by atoms with Gasteiger partial charge in [-0.25, -0.2) is 13.2 Å². The zero-order chi connectivity index (χ0) is 16.0. The van der Waals surface area contributed by atoms with E-state index in [4.69, 9.17) is 5.11 Å². The molecule has 6 heteroatoms. The van der Waals surface area contributed by atoms with Gasteiger partial charge in [0.2, 0.25) is 0 Å². The molecule has 1 aromatic carbocycles. The average molecular weight is 313 g/mol. The van der Waals surface area contributed by atoms with Crippen molar-refractivity contribution in [3.05, 3.63) is 29.8 Å². The lowest BCUT2D eigenvalue weighted by Crippen LogP contribution is -2.32. The van der Waals surface area contributed by atoms with Crippen LogP contribution in [0.1, 0.15) is 31.1 Å². The lowest BCUT2D eigenvalue weighted by Gasteiger charge is -2.22. The molecule has 118 valence electrons. The Balaban J connectivity index is 2.74. The Labute approximate surface area is 126 Å². The molecule has 0 unspecified atom stereocenters. The Morgan fingerprint density at radius 1 is 1.24 bits per heavy atom. The smallest absolute Gasteiger partial charge is 0.335 e. The molecular formula is C15H23NO4S. The zero-order valence-electron chi connectivity index (χ0n) is 12.7. The summed E-state index contributed by atoms with van der Waals surface area (Å²) >= 11 is 0. The van der Waals surface area contributed by atoms with E-state index in [2.05, 4.69) is 18.7 Å². The number of benzene rings is 1. The average Bonchev–Trinajstić information content (AvgIpc) is 2.43. The number of rotatable bonds is 8. The molecular weight excluding hydrogens is 290 g/mol. The summed E-state index contributed by atoms with van der Waals surface area (Å²) in [5, 5.41) is 8.81. The topological polar surface area (TPSA) is 74.7 Å². The monoisotopic (exact) mass is 313 g/mol. The van der Waals surface area contributed by atoms with E-state index in [1.54, 1.807) is 0 Å². The maximum atomic E-state index is 12.2. The fraction of sp³-hybridized carbons (Fsp3) is 0.533. The van der Waals surface area contributed by atoms with Crippen molar-refractivity contribution < 1.29 is 18.3 Å². The standard InChI is InChI=1S/C15H23NO4S/c1-4-16(11-12(2)3)9-10-21(19,20)14-7-5-13(6-8-14)15(17)18/h5-8,12H,4,9-11H2,1-3H3,(H,17,18). The van der Waals surface area contributed by atoms with Crippen LogP contribution in [-0.2, 0) is 9.84 Å². The van der Waals surface area contributed by atoms with Gasteiger partial charge in [-0.3, -0.25) is 0 Å². The number of carboxylic acids is 1. The van der Waals surface area contributed by atoms with Crippen molar-refractivity contribution in [1.82, 2.24) is 4.90 Å². The first-order valence-corrected chi connectivity index (χ1v) is 8.70. The predicted molar refractivity (Wildman–Crippen MR) is 82.4 cm³/mol. The maximum Gasteiger partial charge on any atom is 0.335 e. The molecule has 0 atom stereocenters. The van der Waals surface area contributed by atoms with Crippen LogP contribution >= 0.6 is 0 Å². The minimum atomic E-state index is -3.38. The summed E-state index contributed by atoms with van der Waals surface area (Å²) in [5.74, 6) is -0.532. The third kappa shape index (κ3) is 5.47. The van der Waals surface area contributed by atoms with Crippen molar-refractivity contribution in [2.45, 2.75) is 25.7 Å². The number of nitrogens with zero attached hydrogens (tertiary/aromatic N) is 1. The third-order valence-electron chi connectivity index (χ3n) is 3.21. The summed E-state index contributed by atoms with van der Waals surface area (Å²) in [7, 11) is -3.38. The third-order valence-corrected chi connectivity index (χ3v) is 4.92. The van der Waals surface area contributed by atoms with E-state index in [0.29, 0.717) is 12.5 Å². The number of carbonyl (C=O) groups is 1. The maximum absolute atomic E-state index is 12.2. The fourth-order valence-electron chi connectivity index (χ4n) is 2.07. The Hall–Kier alpha value is -1.40. The quantitative estimate of drug-likeness (QED) is 0.796. The molecule has 0 bridgehead atoms. The molecule has 0 spiro atoms. The van der Waals surface area contributed by atoms with Crippen LogP contribution in [0.15, 0.2) is 29.2 Å². The van der Waals surface area contributed by atoms with Gasteiger partial charge in [0.1, 0.15) is 0 Å². The second-order valence-corrected chi connectivity index (χ2v) is 7.54. The largest absolute Gasteiger partial charge is 0.478 e. The van der Waals surface area contributed by atoms with Crippen LogP contribution in [0.3, 0.4) is 0 Å². The van der Waals surface area contributed by atoms with Crippen LogP contribution in [0.25, 0.3) is 0 Å². The van der Waals surface area contributed by atoms with Crippen LogP contribution in [0.2, 0.25) is 0 Å². The number of carboxylic acid groups (broad SMARTS) is 1. The number of hydrogen-bond donors (Lipinski definition) is 1.